The molecule has 0 saturated carbocycles. The zero-order valence-electron chi connectivity index (χ0n) is 11.9. The minimum absolute atomic E-state index is 0.0205. The number of aromatic amines is 1. The van der Waals surface area contributed by atoms with Gasteiger partial charge in [0.05, 0.1) is 12.1 Å². The molecule has 118 valence electrons. The summed E-state index contributed by atoms with van der Waals surface area (Å²) < 4.78 is 37.1. The molecule has 1 amide bonds. The van der Waals surface area contributed by atoms with Gasteiger partial charge in [-0.3, -0.25) is 14.8 Å². The number of rotatable bonds is 4. The Balaban J connectivity index is 1.93. The highest BCUT2D eigenvalue weighted by Crippen LogP contribution is 2.25. The Bertz CT molecular complexity index is 505. The summed E-state index contributed by atoms with van der Waals surface area (Å²) in [5.41, 5.74) is -0.691. The van der Waals surface area contributed by atoms with Crippen LogP contribution in [0.4, 0.5) is 13.2 Å². The van der Waals surface area contributed by atoms with Gasteiger partial charge < -0.3 is 5.32 Å². The van der Waals surface area contributed by atoms with Crippen molar-refractivity contribution in [3.05, 3.63) is 11.6 Å². The van der Waals surface area contributed by atoms with Crippen LogP contribution in [0.15, 0.2) is 0 Å². The molecule has 0 aromatic carbocycles. The molecule has 2 rings (SSSR count). The van der Waals surface area contributed by atoms with Crippen molar-refractivity contribution in [2.45, 2.75) is 44.9 Å². The molecule has 21 heavy (non-hydrogen) atoms. The molecule has 0 atom stereocenters. The van der Waals surface area contributed by atoms with Crippen LogP contribution >= 0.6 is 0 Å². The summed E-state index contributed by atoms with van der Waals surface area (Å²) in [5.74, 6) is -1.49. The lowest BCUT2D eigenvalue weighted by molar-refractivity contribution is -0.144. The maximum Gasteiger partial charge on any atom is 0.453 e. The summed E-state index contributed by atoms with van der Waals surface area (Å²) >= 11 is 0. The van der Waals surface area contributed by atoms with Crippen molar-refractivity contribution >= 4 is 5.91 Å². The largest absolute Gasteiger partial charge is 0.453 e. The number of H-pyrrole nitrogens is 1. The van der Waals surface area contributed by atoms with Crippen molar-refractivity contribution in [3.63, 3.8) is 0 Å². The molecule has 0 spiro atoms. The first-order valence-corrected chi connectivity index (χ1v) is 6.73. The van der Waals surface area contributed by atoms with Gasteiger partial charge in [0.1, 0.15) is 5.82 Å². The smallest absolute Gasteiger partial charge is 0.347 e. The van der Waals surface area contributed by atoms with Gasteiger partial charge in [-0.15, -0.1) is 5.10 Å². The molecule has 1 fully saturated rings. The topological polar surface area (TPSA) is 73.9 Å². The molecule has 1 aromatic rings. The molecular formula is C12H18F3N5O. The number of carbonyl (C=O) groups excluding carboxylic acids is 1. The van der Waals surface area contributed by atoms with Crippen LogP contribution in [-0.2, 0) is 17.5 Å². The van der Waals surface area contributed by atoms with Crippen LogP contribution in [0.5, 0.6) is 0 Å². The normalized spacial score (nSPS) is 17.2. The molecule has 0 aliphatic carbocycles. The molecule has 2 heterocycles. The Labute approximate surface area is 120 Å². The van der Waals surface area contributed by atoms with Crippen molar-refractivity contribution < 1.29 is 18.0 Å². The van der Waals surface area contributed by atoms with Crippen LogP contribution in [0.3, 0.4) is 0 Å². The maximum absolute atomic E-state index is 12.4. The minimum Gasteiger partial charge on any atom is -0.347 e. The molecule has 1 saturated heterocycles. The third-order valence-corrected chi connectivity index (χ3v) is 3.65. The number of nitrogens with zero attached hydrogens (tertiary/aromatic N) is 3. The quantitative estimate of drug-likeness (QED) is 0.880. The summed E-state index contributed by atoms with van der Waals surface area (Å²) in [6, 6.07) is 0. The van der Waals surface area contributed by atoms with Crippen molar-refractivity contribution in [2.75, 3.05) is 13.1 Å². The monoisotopic (exact) mass is 305 g/mol. The molecule has 1 aliphatic rings. The van der Waals surface area contributed by atoms with E-state index < -0.39 is 17.5 Å². The Kier molecular flexibility index (Phi) is 4.22. The molecule has 2 N–H and O–H groups in total. The van der Waals surface area contributed by atoms with Crippen LogP contribution in [0.1, 0.15) is 38.3 Å². The first kappa shape index (κ1) is 15.7. The van der Waals surface area contributed by atoms with Crippen LogP contribution in [0.2, 0.25) is 0 Å². The predicted octanol–water partition coefficient (Wildman–Crippen LogP) is 1.31. The first-order valence-electron chi connectivity index (χ1n) is 6.73. The number of likely N-dealkylation sites (tertiary alicyclic amines) is 1. The molecule has 0 radical (unpaired) electrons. The molecule has 1 aliphatic heterocycles. The van der Waals surface area contributed by atoms with Crippen molar-refractivity contribution in [3.8, 4) is 0 Å². The van der Waals surface area contributed by atoms with Crippen LogP contribution in [0, 0.1) is 0 Å². The zero-order chi connectivity index (χ0) is 15.7. The van der Waals surface area contributed by atoms with E-state index in [1.54, 1.807) is 13.8 Å². The summed E-state index contributed by atoms with van der Waals surface area (Å²) in [6.07, 6.45) is -2.49. The summed E-state index contributed by atoms with van der Waals surface area (Å²) in [7, 11) is 0. The second-order valence-corrected chi connectivity index (χ2v) is 5.54. The first-order chi connectivity index (χ1) is 9.71. The van der Waals surface area contributed by atoms with E-state index in [1.165, 1.54) is 0 Å². The predicted molar refractivity (Wildman–Crippen MR) is 68.1 cm³/mol. The lowest BCUT2D eigenvalue weighted by atomic mass is 10.0. The molecule has 6 nitrogen and oxygen atoms in total. The fourth-order valence-corrected chi connectivity index (χ4v) is 2.30. The third-order valence-electron chi connectivity index (χ3n) is 3.65. The lowest BCUT2D eigenvalue weighted by Gasteiger charge is -2.33. The standard InChI is InChI=1S/C12H18F3N5O/c1-11(2,20-5-3-4-6-20)10(21)16-7-8-17-9(19-18-8)12(13,14)15/h3-7H2,1-2H3,(H,16,21)(H,17,18,19). The molecule has 0 bridgehead atoms. The number of halogens is 3. The summed E-state index contributed by atoms with van der Waals surface area (Å²) in [4.78, 5) is 17.6. The van der Waals surface area contributed by atoms with Crippen molar-refractivity contribution in [1.29, 1.82) is 0 Å². The van der Waals surface area contributed by atoms with Crippen LogP contribution < -0.4 is 5.32 Å². The Hall–Kier alpha value is -1.64. The van der Waals surface area contributed by atoms with Gasteiger partial charge in [-0.25, -0.2) is 4.98 Å². The number of nitrogens with one attached hydrogen (secondary N) is 2. The average molecular weight is 305 g/mol. The van der Waals surface area contributed by atoms with Gasteiger partial charge >= 0.3 is 6.18 Å². The van der Waals surface area contributed by atoms with Gasteiger partial charge in [0, 0.05) is 0 Å². The van der Waals surface area contributed by atoms with Gasteiger partial charge in [-0.05, 0) is 39.8 Å². The van der Waals surface area contributed by atoms with Gasteiger partial charge in [0.25, 0.3) is 5.82 Å². The molecular weight excluding hydrogens is 287 g/mol. The van der Waals surface area contributed by atoms with E-state index in [0.717, 1.165) is 25.9 Å². The van der Waals surface area contributed by atoms with Crippen LogP contribution in [0.25, 0.3) is 0 Å². The number of aromatic nitrogens is 3. The highest BCUT2D eigenvalue weighted by atomic mass is 19.4. The number of hydrogen-bond acceptors (Lipinski definition) is 4. The van der Waals surface area contributed by atoms with E-state index in [1.807, 2.05) is 0 Å². The van der Waals surface area contributed by atoms with E-state index in [4.69, 9.17) is 0 Å². The van der Waals surface area contributed by atoms with Gasteiger partial charge in [0.2, 0.25) is 5.91 Å². The number of carbonyl (C=O) groups is 1. The van der Waals surface area contributed by atoms with Crippen molar-refractivity contribution in [2.24, 2.45) is 0 Å². The fraction of sp³-hybridized carbons (Fsp3) is 0.750. The Morgan fingerprint density at radius 2 is 1.95 bits per heavy atom. The molecule has 0 unspecified atom stereocenters. The number of alkyl halides is 3. The SMILES string of the molecule is CC(C)(C(=O)NCc1nc(C(F)(F)F)n[nH]1)N1CCCC1. The van der Waals surface area contributed by atoms with Gasteiger partial charge in [-0.1, -0.05) is 0 Å². The van der Waals surface area contributed by atoms with E-state index in [-0.39, 0.29) is 18.3 Å². The summed E-state index contributed by atoms with van der Waals surface area (Å²) in [5, 5.41) is 7.86. The third kappa shape index (κ3) is 3.52. The second-order valence-electron chi connectivity index (χ2n) is 5.54. The lowest BCUT2D eigenvalue weighted by Crippen LogP contribution is -2.53. The Morgan fingerprint density at radius 3 is 2.48 bits per heavy atom. The molecule has 1 aromatic heterocycles. The highest BCUT2D eigenvalue weighted by Gasteiger charge is 2.37. The average Bonchev–Trinajstić information content (AvgIpc) is 3.06. The van der Waals surface area contributed by atoms with E-state index in [9.17, 15) is 18.0 Å². The minimum atomic E-state index is -4.59. The van der Waals surface area contributed by atoms with Gasteiger partial charge in [-0.2, -0.15) is 13.2 Å². The zero-order valence-corrected chi connectivity index (χ0v) is 11.9. The second kappa shape index (κ2) is 5.63. The van der Waals surface area contributed by atoms with Gasteiger partial charge in [0.15, 0.2) is 0 Å². The fourth-order valence-electron chi connectivity index (χ4n) is 2.30. The van der Waals surface area contributed by atoms with E-state index in [2.05, 4.69) is 25.4 Å². The van der Waals surface area contributed by atoms with E-state index >= 15 is 0 Å². The van der Waals surface area contributed by atoms with Crippen molar-refractivity contribution in [1.82, 2.24) is 25.4 Å². The maximum atomic E-state index is 12.4. The number of hydrogen-bond donors (Lipinski definition) is 2. The molecule has 9 heteroatoms. The highest BCUT2D eigenvalue weighted by molar-refractivity contribution is 5.85. The number of amides is 1. The van der Waals surface area contributed by atoms with Crippen LogP contribution in [-0.4, -0.2) is 44.6 Å². The van der Waals surface area contributed by atoms with E-state index in [0.29, 0.717) is 0 Å². The Morgan fingerprint density at radius 1 is 1.33 bits per heavy atom. The summed E-state index contributed by atoms with van der Waals surface area (Å²) in [6.45, 7) is 5.19.